The van der Waals surface area contributed by atoms with Crippen molar-refractivity contribution in [2.45, 2.75) is 46.5 Å². The van der Waals surface area contributed by atoms with Crippen LogP contribution in [0.5, 0.6) is 0 Å². The monoisotopic (exact) mass is 210 g/mol. The Balaban J connectivity index is 2.15. The first-order chi connectivity index (χ1) is 6.91. The van der Waals surface area contributed by atoms with Crippen LogP contribution in [-0.4, -0.2) is 13.1 Å². The summed E-state index contributed by atoms with van der Waals surface area (Å²) in [5, 5.41) is 0. The van der Waals surface area contributed by atoms with Crippen molar-refractivity contribution in [2.75, 3.05) is 7.11 Å². The van der Waals surface area contributed by atoms with Gasteiger partial charge < -0.3 is 4.74 Å². The zero-order chi connectivity index (χ0) is 11.3. The number of esters is 1. The maximum absolute atomic E-state index is 11.4. The zero-order valence-electron chi connectivity index (χ0n) is 10.3. The molecule has 2 bridgehead atoms. The zero-order valence-corrected chi connectivity index (χ0v) is 10.3. The highest BCUT2D eigenvalue weighted by Gasteiger charge is 2.61. The highest BCUT2D eigenvalue weighted by atomic mass is 16.5. The van der Waals surface area contributed by atoms with Gasteiger partial charge in [0.05, 0.1) is 7.11 Å². The molecule has 2 aliphatic carbocycles. The molecule has 3 atom stereocenters. The van der Waals surface area contributed by atoms with Crippen molar-refractivity contribution in [2.24, 2.45) is 22.7 Å². The van der Waals surface area contributed by atoms with Gasteiger partial charge in [0.1, 0.15) is 0 Å². The van der Waals surface area contributed by atoms with E-state index >= 15 is 0 Å². The average molecular weight is 210 g/mol. The van der Waals surface area contributed by atoms with Gasteiger partial charge >= 0.3 is 5.97 Å². The number of methoxy groups -OCH3 is 1. The standard InChI is InChI=1S/C13H22O2/c1-12(2)9-5-6-13(12,3)10(7-9)8-11(14)15-4/h9-10H,5-8H2,1-4H3. The molecular formula is C13H22O2. The third-order valence-electron chi connectivity index (χ3n) is 5.62. The molecule has 0 amide bonds. The third-order valence-corrected chi connectivity index (χ3v) is 5.62. The average Bonchev–Trinajstić information content (AvgIpc) is 2.50. The number of carbonyl (C=O) groups excluding carboxylic acids is 1. The van der Waals surface area contributed by atoms with Crippen LogP contribution in [0.4, 0.5) is 0 Å². The maximum atomic E-state index is 11.4. The summed E-state index contributed by atoms with van der Waals surface area (Å²) < 4.78 is 4.79. The molecule has 0 aromatic heterocycles. The lowest BCUT2D eigenvalue weighted by atomic mass is 9.66. The fraction of sp³-hybridized carbons (Fsp3) is 0.923. The number of hydrogen-bond acceptors (Lipinski definition) is 2. The van der Waals surface area contributed by atoms with Crippen molar-refractivity contribution < 1.29 is 9.53 Å². The van der Waals surface area contributed by atoms with Crippen LogP contribution in [0.25, 0.3) is 0 Å². The molecule has 3 unspecified atom stereocenters. The second kappa shape index (κ2) is 3.23. The van der Waals surface area contributed by atoms with E-state index in [4.69, 9.17) is 4.74 Å². The van der Waals surface area contributed by atoms with E-state index in [0.29, 0.717) is 23.2 Å². The van der Waals surface area contributed by atoms with Crippen LogP contribution in [0.15, 0.2) is 0 Å². The van der Waals surface area contributed by atoms with Gasteiger partial charge in [0.25, 0.3) is 0 Å². The van der Waals surface area contributed by atoms with E-state index in [2.05, 4.69) is 20.8 Å². The number of hydrogen-bond donors (Lipinski definition) is 0. The first kappa shape index (κ1) is 11.0. The van der Waals surface area contributed by atoms with Gasteiger partial charge in [-0.2, -0.15) is 0 Å². The van der Waals surface area contributed by atoms with E-state index in [1.807, 2.05) is 0 Å². The van der Waals surface area contributed by atoms with Gasteiger partial charge in [-0.15, -0.1) is 0 Å². The van der Waals surface area contributed by atoms with Gasteiger partial charge in [0, 0.05) is 6.42 Å². The SMILES string of the molecule is COC(=O)CC1CC2CCC1(C)C2(C)C. The quantitative estimate of drug-likeness (QED) is 0.655. The van der Waals surface area contributed by atoms with Gasteiger partial charge in [0.2, 0.25) is 0 Å². The molecule has 0 aromatic rings. The predicted molar refractivity (Wildman–Crippen MR) is 59.4 cm³/mol. The number of rotatable bonds is 2. The van der Waals surface area contributed by atoms with Gasteiger partial charge in [-0.25, -0.2) is 0 Å². The third kappa shape index (κ3) is 1.33. The van der Waals surface area contributed by atoms with Crippen molar-refractivity contribution in [1.29, 1.82) is 0 Å². The first-order valence-corrected chi connectivity index (χ1v) is 5.98. The van der Waals surface area contributed by atoms with E-state index < -0.39 is 0 Å². The number of fused-ring (bicyclic) bond motifs is 2. The van der Waals surface area contributed by atoms with Crippen LogP contribution in [-0.2, 0) is 9.53 Å². The fourth-order valence-corrected chi connectivity index (χ4v) is 3.96. The first-order valence-electron chi connectivity index (χ1n) is 5.98. The van der Waals surface area contributed by atoms with Gasteiger partial charge in [0.15, 0.2) is 0 Å². The molecule has 0 heterocycles. The topological polar surface area (TPSA) is 26.3 Å². The minimum atomic E-state index is -0.0374. The second-order valence-electron chi connectivity index (χ2n) is 6.09. The van der Waals surface area contributed by atoms with E-state index in [9.17, 15) is 4.79 Å². The van der Waals surface area contributed by atoms with E-state index in [1.54, 1.807) is 0 Å². The van der Waals surface area contributed by atoms with Crippen LogP contribution in [0.1, 0.15) is 46.5 Å². The van der Waals surface area contributed by atoms with Crippen molar-refractivity contribution in [3.8, 4) is 0 Å². The van der Waals surface area contributed by atoms with Gasteiger partial charge in [-0.05, 0) is 41.9 Å². The fourth-order valence-electron chi connectivity index (χ4n) is 3.96. The Kier molecular flexibility index (Phi) is 2.36. The lowest BCUT2D eigenvalue weighted by molar-refractivity contribution is -0.143. The summed E-state index contributed by atoms with van der Waals surface area (Å²) in [7, 11) is 1.49. The molecule has 2 fully saturated rings. The Morgan fingerprint density at radius 2 is 2.07 bits per heavy atom. The Hall–Kier alpha value is -0.530. The van der Waals surface area contributed by atoms with Crippen LogP contribution in [0.3, 0.4) is 0 Å². The number of ether oxygens (including phenoxy) is 1. The molecule has 2 rings (SSSR count). The summed E-state index contributed by atoms with van der Waals surface area (Å²) in [6.45, 7) is 7.12. The predicted octanol–water partition coefficient (Wildman–Crippen LogP) is 3.01. The van der Waals surface area contributed by atoms with E-state index in [1.165, 1.54) is 26.4 Å². The molecule has 0 saturated heterocycles. The van der Waals surface area contributed by atoms with Crippen molar-refractivity contribution in [3.05, 3.63) is 0 Å². The van der Waals surface area contributed by atoms with Crippen molar-refractivity contribution >= 4 is 5.97 Å². The molecule has 2 saturated carbocycles. The highest BCUT2D eigenvalue weighted by molar-refractivity contribution is 5.69. The Labute approximate surface area is 92.4 Å². The van der Waals surface area contributed by atoms with E-state index in [0.717, 1.165) is 5.92 Å². The second-order valence-corrected chi connectivity index (χ2v) is 6.09. The Bertz CT molecular complexity index is 282. The van der Waals surface area contributed by atoms with Gasteiger partial charge in [-0.3, -0.25) is 4.79 Å². The van der Waals surface area contributed by atoms with Crippen LogP contribution in [0, 0.1) is 22.7 Å². The molecule has 2 nitrogen and oxygen atoms in total. The lowest BCUT2D eigenvalue weighted by Gasteiger charge is -2.39. The van der Waals surface area contributed by atoms with Crippen LogP contribution >= 0.6 is 0 Å². The molecule has 0 radical (unpaired) electrons. The molecule has 0 N–H and O–H groups in total. The summed E-state index contributed by atoms with van der Waals surface area (Å²) >= 11 is 0. The molecule has 15 heavy (non-hydrogen) atoms. The molecule has 86 valence electrons. The number of carbonyl (C=O) groups is 1. The summed E-state index contributed by atoms with van der Waals surface area (Å²) in [4.78, 5) is 11.4. The molecule has 2 aliphatic rings. The summed E-state index contributed by atoms with van der Waals surface area (Å²) in [6, 6.07) is 0. The van der Waals surface area contributed by atoms with Gasteiger partial charge in [-0.1, -0.05) is 20.8 Å². The molecular weight excluding hydrogens is 188 g/mol. The van der Waals surface area contributed by atoms with Crippen molar-refractivity contribution in [3.63, 3.8) is 0 Å². The maximum Gasteiger partial charge on any atom is 0.305 e. The van der Waals surface area contributed by atoms with Crippen LogP contribution < -0.4 is 0 Å². The molecule has 0 aliphatic heterocycles. The van der Waals surface area contributed by atoms with E-state index in [-0.39, 0.29) is 5.97 Å². The molecule has 2 heteroatoms. The lowest BCUT2D eigenvalue weighted by Crippen LogP contribution is -2.33. The van der Waals surface area contributed by atoms with Crippen molar-refractivity contribution in [1.82, 2.24) is 0 Å². The largest absolute Gasteiger partial charge is 0.469 e. The minimum absolute atomic E-state index is 0.0374. The van der Waals surface area contributed by atoms with Crippen LogP contribution in [0.2, 0.25) is 0 Å². The molecule has 0 aromatic carbocycles. The summed E-state index contributed by atoms with van der Waals surface area (Å²) in [6.07, 6.45) is 4.47. The molecule has 0 spiro atoms. The summed E-state index contributed by atoms with van der Waals surface area (Å²) in [5.74, 6) is 1.32. The normalized spacial score (nSPS) is 41.9. The Morgan fingerprint density at radius 3 is 2.47 bits per heavy atom. The highest BCUT2D eigenvalue weighted by Crippen LogP contribution is 2.68. The smallest absolute Gasteiger partial charge is 0.305 e. The summed E-state index contributed by atoms with van der Waals surface area (Å²) in [5.41, 5.74) is 0.761. The minimum Gasteiger partial charge on any atom is -0.469 e. The Morgan fingerprint density at radius 1 is 1.40 bits per heavy atom.